The molecular weight excluding hydrogens is 435 g/mol. The lowest BCUT2D eigenvalue weighted by Crippen LogP contribution is -2.36. The first-order valence-electron chi connectivity index (χ1n) is 7.84. The summed E-state index contributed by atoms with van der Waals surface area (Å²) in [6.07, 6.45) is 2.97. The maximum Gasteiger partial charge on any atom is 0.191 e. The van der Waals surface area contributed by atoms with Crippen molar-refractivity contribution in [2.24, 2.45) is 4.99 Å². The number of thiazole rings is 1. The van der Waals surface area contributed by atoms with Gasteiger partial charge < -0.3 is 15.4 Å². The van der Waals surface area contributed by atoms with Crippen LogP contribution >= 0.6 is 35.3 Å². The molecule has 2 N–H and O–H groups in total. The zero-order chi connectivity index (χ0) is 16.5. The predicted octanol–water partition coefficient (Wildman–Crippen LogP) is 3.59. The Morgan fingerprint density at radius 1 is 1.25 bits per heavy atom. The average Bonchev–Trinajstić information content (AvgIpc) is 3.05. The van der Waals surface area contributed by atoms with Crippen LogP contribution in [-0.4, -0.2) is 24.6 Å². The molecule has 0 aliphatic carbocycles. The van der Waals surface area contributed by atoms with Gasteiger partial charge in [-0.25, -0.2) is 9.98 Å². The summed E-state index contributed by atoms with van der Waals surface area (Å²) >= 11 is 1.74. The molecule has 0 atom stereocenters. The molecule has 132 valence electrons. The highest BCUT2D eigenvalue weighted by atomic mass is 127. The standard InChI is InChI=1S/C17H24N4OS.HI/c1-4-14-11-19-16(23-14)12-21-17(18-5-2)20-10-13-8-6-7-9-15(13)22-3;/h6-9,11H,4-5,10,12H2,1-3H3,(H2,18,20,21);1H. The van der Waals surface area contributed by atoms with E-state index < -0.39 is 0 Å². The average molecular weight is 460 g/mol. The maximum absolute atomic E-state index is 5.36. The molecule has 0 unspecified atom stereocenters. The van der Waals surface area contributed by atoms with Crippen LogP contribution in [0.4, 0.5) is 0 Å². The van der Waals surface area contributed by atoms with Gasteiger partial charge in [-0.05, 0) is 19.4 Å². The fourth-order valence-corrected chi connectivity index (χ4v) is 2.89. The number of guanidine groups is 1. The van der Waals surface area contributed by atoms with Gasteiger partial charge in [0, 0.05) is 23.2 Å². The van der Waals surface area contributed by atoms with Gasteiger partial charge in [0.05, 0.1) is 20.2 Å². The molecule has 1 heterocycles. The van der Waals surface area contributed by atoms with Crippen LogP contribution in [0.15, 0.2) is 35.5 Å². The van der Waals surface area contributed by atoms with Gasteiger partial charge in [-0.1, -0.05) is 25.1 Å². The summed E-state index contributed by atoms with van der Waals surface area (Å²) in [5.41, 5.74) is 1.06. The summed E-state index contributed by atoms with van der Waals surface area (Å²) in [5.74, 6) is 1.64. The third-order valence-corrected chi connectivity index (χ3v) is 4.44. The molecule has 1 aromatic heterocycles. The van der Waals surface area contributed by atoms with Crippen molar-refractivity contribution in [2.75, 3.05) is 13.7 Å². The lowest BCUT2D eigenvalue weighted by molar-refractivity contribution is 0.410. The van der Waals surface area contributed by atoms with Gasteiger partial charge in [-0.3, -0.25) is 0 Å². The quantitative estimate of drug-likeness (QED) is 0.377. The first-order valence-corrected chi connectivity index (χ1v) is 8.66. The van der Waals surface area contributed by atoms with Crippen molar-refractivity contribution in [3.8, 4) is 5.75 Å². The van der Waals surface area contributed by atoms with Gasteiger partial charge >= 0.3 is 0 Å². The molecule has 0 fully saturated rings. The molecule has 2 aromatic rings. The van der Waals surface area contributed by atoms with Crippen molar-refractivity contribution < 1.29 is 4.74 Å². The predicted molar refractivity (Wildman–Crippen MR) is 112 cm³/mol. The van der Waals surface area contributed by atoms with E-state index in [1.165, 1.54) is 4.88 Å². The number of aliphatic imine (C=N–C) groups is 1. The topological polar surface area (TPSA) is 58.5 Å². The number of nitrogens with zero attached hydrogens (tertiary/aromatic N) is 2. The SMILES string of the molecule is CCNC(=NCc1ccccc1OC)NCc1ncc(CC)s1.I. The molecule has 5 nitrogen and oxygen atoms in total. The van der Waals surface area contributed by atoms with Crippen LogP contribution in [0.5, 0.6) is 5.75 Å². The molecule has 0 aliphatic rings. The van der Waals surface area contributed by atoms with Crippen LogP contribution in [0.2, 0.25) is 0 Å². The van der Waals surface area contributed by atoms with E-state index in [-0.39, 0.29) is 24.0 Å². The first-order chi connectivity index (χ1) is 11.3. The van der Waals surface area contributed by atoms with E-state index in [2.05, 4.69) is 34.5 Å². The summed E-state index contributed by atoms with van der Waals surface area (Å²) in [6, 6.07) is 7.94. The second kappa shape index (κ2) is 11.2. The summed E-state index contributed by atoms with van der Waals surface area (Å²) < 4.78 is 5.36. The molecule has 1 aromatic carbocycles. The Bertz CT molecular complexity index is 645. The van der Waals surface area contributed by atoms with Crippen LogP contribution < -0.4 is 15.4 Å². The molecule has 0 radical (unpaired) electrons. The number of aryl methyl sites for hydroxylation is 1. The smallest absolute Gasteiger partial charge is 0.191 e. The number of hydrogen-bond acceptors (Lipinski definition) is 4. The van der Waals surface area contributed by atoms with Crippen molar-refractivity contribution in [1.29, 1.82) is 0 Å². The molecule has 24 heavy (non-hydrogen) atoms. The van der Waals surface area contributed by atoms with E-state index in [0.717, 1.165) is 35.2 Å². The van der Waals surface area contributed by atoms with Gasteiger partial charge in [0.25, 0.3) is 0 Å². The molecule has 0 saturated heterocycles. The van der Waals surface area contributed by atoms with Gasteiger partial charge in [-0.15, -0.1) is 35.3 Å². The third kappa shape index (κ3) is 6.27. The van der Waals surface area contributed by atoms with Crippen molar-refractivity contribution in [3.05, 3.63) is 45.9 Å². The largest absolute Gasteiger partial charge is 0.496 e. The second-order valence-electron chi connectivity index (χ2n) is 4.93. The summed E-state index contributed by atoms with van der Waals surface area (Å²) in [6.45, 7) is 6.26. The number of nitrogens with one attached hydrogen (secondary N) is 2. The highest BCUT2D eigenvalue weighted by molar-refractivity contribution is 14.0. The maximum atomic E-state index is 5.36. The van der Waals surface area contributed by atoms with Gasteiger partial charge in [0.15, 0.2) is 5.96 Å². The van der Waals surface area contributed by atoms with Crippen molar-refractivity contribution in [3.63, 3.8) is 0 Å². The van der Waals surface area contributed by atoms with Crippen molar-refractivity contribution >= 4 is 41.3 Å². The van der Waals surface area contributed by atoms with E-state index in [4.69, 9.17) is 4.74 Å². The number of aromatic nitrogens is 1. The fraction of sp³-hybridized carbons (Fsp3) is 0.412. The Labute approximate surface area is 165 Å². The van der Waals surface area contributed by atoms with E-state index in [1.807, 2.05) is 30.5 Å². The molecule has 7 heteroatoms. The number of halogens is 1. The Balaban J connectivity index is 0.00000288. The van der Waals surface area contributed by atoms with Gasteiger partial charge in [-0.2, -0.15) is 0 Å². The number of para-hydroxylation sites is 1. The summed E-state index contributed by atoms with van der Waals surface area (Å²) in [7, 11) is 1.68. The molecule has 2 rings (SSSR count). The molecular formula is C17H25IN4OS. The Morgan fingerprint density at radius 2 is 2.04 bits per heavy atom. The van der Waals surface area contributed by atoms with E-state index in [0.29, 0.717) is 13.1 Å². The number of benzene rings is 1. The number of rotatable bonds is 7. The van der Waals surface area contributed by atoms with Crippen LogP contribution in [-0.2, 0) is 19.5 Å². The number of hydrogen-bond donors (Lipinski definition) is 2. The van der Waals surface area contributed by atoms with Crippen LogP contribution in [0.3, 0.4) is 0 Å². The lowest BCUT2D eigenvalue weighted by Gasteiger charge is -2.11. The number of ether oxygens (including phenoxy) is 1. The Kier molecular flexibility index (Phi) is 9.70. The molecule has 0 bridgehead atoms. The highest BCUT2D eigenvalue weighted by Gasteiger charge is 2.04. The molecule has 0 aliphatic heterocycles. The zero-order valence-electron chi connectivity index (χ0n) is 14.3. The normalized spacial score (nSPS) is 10.9. The van der Waals surface area contributed by atoms with Crippen LogP contribution in [0.1, 0.15) is 29.3 Å². The third-order valence-electron chi connectivity index (χ3n) is 3.30. The second-order valence-corrected chi connectivity index (χ2v) is 6.13. The Morgan fingerprint density at radius 3 is 2.71 bits per heavy atom. The van der Waals surface area contributed by atoms with Gasteiger partial charge in [0.2, 0.25) is 0 Å². The Hall–Kier alpha value is -1.35. The number of methoxy groups -OCH3 is 1. The van der Waals surface area contributed by atoms with Gasteiger partial charge in [0.1, 0.15) is 10.8 Å². The summed E-state index contributed by atoms with van der Waals surface area (Å²) in [4.78, 5) is 10.3. The van der Waals surface area contributed by atoms with E-state index in [1.54, 1.807) is 18.4 Å². The van der Waals surface area contributed by atoms with Crippen molar-refractivity contribution in [1.82, 2.24) is 15.6 Å². The van der Waals surface area contributed by atoms with Crippen LogP contribution in [0, 0.1) is 0 Å². The minimum atomic E-state index is 0. The zero-order valence-corrected chi connectivity index (χ0v) is 17.5. The van der Waals surface area contributed by atoms with Crippen molar-refractivity contribution in [2.45, 2.75) is 33.4 Å². The monoisotopic (exact) mass is 460 g/mol. The molecule has 0 amide bonds. The van der Waals surface area contributed by atoms with Crippen LogP contribution in [0.25, 0.3) is 0 Å². The fourth-order valence-electron chi connectivity index (χ4n) is 2.09. The van der Waals surface area contributed by atoms with E-state index >= 15 is 0 Å². The minimum Gasteiger partial charge on any atom is -0.496 e. The van der Waals surface area contributed by atoms with E-state index in [9.17, 15) is 0 Å². The minimum absolute atomic E-state index is 0. The molecule has 0 saturated carbocycles. The summed E-state index contributed by atoms with van der Waals surface area (Å²) in [5, 5.41) is 7.66. The molecule has 0 spiro atoms. The lowest BCUT2D eigenvalue weighted by atomic mass is 10.2. The first kappa shape index (κ1) is 20.7. The highest BCUT2D eigenvalue weighted by Crippen LogP contribution is 2.18.